The van der Waals surface area contributed by atoms with E-state index in [-0.39, 0.29) is 5.02 Å². The lowest BCUT2D eigenvalue weighted by Gasteiger charge is -2.06. The van der Waals surface area contributed by atoms with E-state index in [0.717, 1.165) is 0 Å². The average Bonchev–Trinajstić information content (AvgIpc) is 2.19. The summed E-state index contributed by atoms with van der Waals surface area (Å²) in [6.07, 6.45) is 0. The van der Waals surface area contributed by atoms with Crippen molar-refractivity contribution < 1.29 is 14.7 Å². The highest BCUT2D eigenvalue weighted by molar-refractivity contribution is 6.36. The van der Waals surface area contributed by atoms with Crippen molar-refractivity contribution in [3.8, 4) is 0 Å². The predicted octanol–water partition coefficient (Wildman–Crippen LogP) is 2.14. The summed E-state index contributed by atoms with van der Waals surface area (Å²) >= 11 is 11.4. The van der Waals surface area contributed by atoms with Gasteiger partial charge in [-0.25, -0.2) is 0 Å². The third-order valence-electron chi connectivity index (χ3n) is 1.51. The maximum Gasteiger partial charge on any atom is 0.295 e. The largest absolute Gasteiger partial charge is 0.323 e. The number of rotatable bonds is 4. The fourth-order valence-electron chi connectivity index (χ4n) is 0.888. The summed E-state index contributed by atoms with van der Waals surface area (Å²) in [6, 6.07) is 4.44. The molecule has 0 aliphatic carbocycles. The molecule has 0 spiro atoms. The molecule has 0 saturated carbocycles. The van der Waals surface area contributed by atoms with Crippen LogP contribution >= 0.6 is 23.2 Å². The Morgan fingerprint density at radius 1 is 1.50 bits per heavy atom. The molecule has 6 nitrogen and oxygen atoms in total. The fraction of sp³-hybridized carbons (Fsp3) is 0.125. The van der Waals surface area contributed by atoms with E-state index in [1.807, 2.05) is 0 Å². The third-order valence-corrected chi connectivity index (χ3v) is 2.05. The molecule has 0 unspecified atom stereocenters. The molecule has 0 atom stereocenters. The molecule has 8 heteroatoms. The molecule has 1 N–H and O–H groups in total. The Bertz CT molecular complexity index is 424. The van der Waals surface area contributed by atoms with Crippen LogP contribution in [0.2, 0.25) is 10.0 Å². The van der Waals surface area contributed by atoms with E-state index >= 15 is 0 Å². The number of nitrogens with zero attached hydrogens (tertiary/aromatic N) is 1. The highest BCUT2D eigenvalue weighted by Gasteiger charge is 2.08. The number of benzene rings is 1. The SMILES string of the molecule is O=C(CO[N+](=O)[O-])Nc1ccc(Cl)cc1Cl. The van der Waals surface area contributed by atoms with Crippen LogP contribution in [-0.4, -0.2) is 17.6 Å². The van der Waals surface area contributed by atoms with Gasteiger partial charge in [0.1, 0.15) is 0 Å². The van der Waals surface area contributed by atoms with E-state index in [9.17, 15) is 14.9 Å². The summed E-state index contributed by atoms with van der Waals surface area (Å²) < 4.78 is 0. The molecule has 0 aromatic heterocycles. The standard InChI is InChI=1S/C8H6Cl2N2O4/c9-5-1-2-7(6(10)3-5)11-8(13)4-16-12(14)15/h1-3H,4H2,(H,11,13). The Hall–Kier alpha value is -1.53. The molecule has 86 valence electrons. The Morgan fingerprint density at radius 3 is 2.75 bits per heavy atom. The van der Waals surface area contributed by atoms with Crippen molar-refractivity contribution in [1.29, 1.82) is 0 Å². The zero-order chi connectivity index (χ0) is 12.1. The van der Waals surface area contributed by atoms with Gasteiger partial charge >= 0.3 is 0 Å². The number of halogens is 2. The Labute approximate surface area is 100 Å². The molecule has 0 radical (unpaired) electrons. The second-order valence-electron chi connectivity index (χ2n) is 2.67. The molecule has 0 saturated heterocycles. The minimum absolute atomic E-state index is 0.238. The molecule has 16 heavy (non-hydrogen) atoms. The number of carbonyl (C=O) groups excluding carboxylic acids is 1. The van der Waals surface area contributed by atoms with E-state index in [1.165, 1.54) is 18.2 Å². The van der Waals surface area contributed by atoms with Gasteiger partial charge in [-0.1, -0.05) is 23.2 Å². The van der Waals surface area contributed by atoms with Crippen molar-refractivity contribution in [2.45, 2.75) is 0 Å². The first kappa shape index (κ1) is 12.5. The molecule has 0 aliphatic rings. The predicted molar refractivity (Wildman–Crippen MR) is 58.0 cm³/mol. The van der Waals surface area contributed by atoms with Crippen LogP contribution in [0.1, 0.15) is 0 Å². The Morgan fingerprint density at radius 2 is 2.19 bits per heavy atom. The van der Waals surface area contributed by atoms with Gasteiger partial charge in [-0.05, 0) is 18.2 Å². The lowest BCUT2D eigenvalue weighted by Crippen LogP contribution is -2.20. The fourth-order valence-corrected chi connectivity index (χ4v) is 1.34. The Balaban J connectivity index is 2.59. The zero-order valence-corrected chi connectivity index (χ0v) is 9.29. The maximum atomic E-state index is 11.1. The van der Waals surface area contributed by atoms with Gasteiger partial charge in [0.25, 0.3) is 5.09 Å². The number of carbonyl (C=O) groups is 1. The molecular formula is C8H6Cl2N2O4. The summed E-state index contributed by atoms with van der Waals surface area (Å²) in [7, 11) is 0. The van der Waals surface area contributed by atoms with E-state index < -0.39 is 17.6 Å². The monoisotopic (exact) mass is 264 g/mol. The van der Waals surface area contributed by atoms with Crippen LogP contribution in [0.25, 0.3) is 0 Å². The van der Waals surface area contributed by atoms with Gasteiger partial charge in [0.05, 0.1) is 10.7 Å². The van der Waals surface area contributed by atoms with Crippen LogP contribution in [-0.2, 0) is 9.63 Å². The van der Waals surface area contributed by atoms with E-state index in [4.69, 9.17) is 23.2 Å². The van der Waals surface area contributed by atoms with Crippen molar-refractivity contribution in [3.63, 3.8) is 0 Å². The molecule has 0 fully saturated rings. The van der Waals surface area contributed by atoms with Crippen molar-refractivity contribution in [2.75, 3.05) is 11.9 Å². The van der Waals surface area contributed by atoms with E-state index in [0.29, 0.717) is 10.7 Å². The summed E-state index contributed by atoms with van der Waals surface area (Å²) in [5.41, 5.74) is 0.308. The minimum atomic E-state index is -1.05. The lowest BCUT2D eigenvalue weighted by molar-refractivity contribution is -0.754. The molecule has 1 aromatic rings. The molecular weight excluding hydrogens is 259 g/mol. The van der Waals surface area contributed by atoms with Crippen molar-refractivity contribution in [2.24, 2.45) is 0 Å². The minimum Gasteiger partial charge on any atom is -0.323 e. The average molecular weight is 265 g/mol. The normalized spacial score (nSPS) is 9.62. The van der Waals surface area contributed by atoms with Gasteiger partial charge in [0, 0.05) is 5.02 Å². The van der Waals surface area contributed by atoms with Crippen LogP contribution in [0.5, 0.6) is 0 Å². The van der Waals surface area contributed by atoms with Crippen LogP contribution in [0.15, 0.2) is 18.2 Å². The molecule has 0 heterocycles. The number of amides is 1. The first-order chi connectivity index (χ1) is 7.49. The smallest absolute Gasteiger partial charge is 0.295 e. The van der Waals surface area contributed by atoms with Crippen LogP contribution in [0.4, 0.5) is 5.69 Å². The summed E-state index contributed by atoms with van der Waals surface area (Å²) in [5.74, 6) is -0.680. The number of hydrogen-bond donors (Lipinski definition) is 1. The van der Waals surface area contributed by atoms with Crippen molar-refractivity contribution in [1.82, 2.24) is 0 Å². The number of nitrogens with one attached hydrogen (secondary N) is 1. The highest BCUT2D eigenvalue weighted by Crippen LogP contribution is 2.25. The van der Waals surface area contributed by atoms with Crippen molar-refractivity contribution >= 4 is 34.8 Å². The molecule has 1 rings (SSSR count). The molecule has 1 amide bonds. The van der Waals surface area contributed by atoms with Crippen LogP contribution < -0.4 is 5.32 Å². The number of hydrogen-bond acceptors (Lipinski definition) is 4. The third kappa shape index (κ3) is 3.92. The van der Waals surface area contributed by atoms with Crippen LogP contribution in [0.3, 0.4) is 0 Å². The quantitative estimate of drug-likeness (QED) is 0.667. The van der Waals surface area contributed by atoms with Gasteiger partial charge < -0.3 is 10.2 Å². The first-order valence-corrected chi connectivity index (χ1v) is 4.77. The zero-order valence-electron chi connectivity index (χ0n) is 7.78. The first-order valence-electron chi connectivity index (χ1n) is 4.01. The Kier molecular flexibility index (Phi) is 4.33. The maximum absolute atomic E-state index is 11.1. The molecule has 0 bridgehead atoms. The van der Waals surface area contributed by atoms with E-state index in [1.54, 1.807) is 0 Å². The summed E-state index contributed by atoms with van der Waals surface area (Å²) in [5, 5.41) is 11.8. The second-order valence-corrected chi connectivity index (χ2v) is 3.51. The molecule has 0 aliphatic heterocycles. The van der Waals surface area contributed by atoms with Gasteiger partial charge in [-0.2, -0.15) is 0 Å². The van der Waals surface area contributed by atoms with Gasteiger partial charge in [0.2, 0.25) is 5.91 Å². The molecule has 1 aromatic carbocycles. The summed E-state index contributed by atoms with van der Waals surface area (Å²) in [6.45, 7) is -0.689. The van der Waals surface area contributed by atoms with Gasteiger partial charge in [-0.15, -0.1) is 10.1 Å². The van der Waals surface area contributed by atoms with Crippen molar-refractivity contribution in [3.05, 3.63) is 38.4 Å². The van der Waals surface area contributed by atoms with Crippen LogP contribution in [0, 0.1) is 10.1 Å². The number of anilines is 1. The summed E-state index contributed by atoms with van der Waals surface area (Å²) in [4.78, 5) is 24.8. The second kappa shape index (κ2) is 5.53. The van der Waals surface area contributed by atoms with E-state index in [2.05, 4.69) is 10.2 Å². The van der Waals surface area contributed by atoms with Gasteiger partial charge in [0.15, 0.2) is 6.61 Å². The van der Waals surface area contributed by atoms with Gasteiger partial charge in [-0.3, -0.25) is 4.79 Å². The lowest BCUT2D eigenvalue weighted by atomic mass is 10.3. The topological polar surface area (TPSA) is 81.5 Å². The highest BCUT2D eigenvalue weighted by atomic mass is 35.5.